The lowest BCUT2D eigenvalue weighted by Crippen LogP contribution is -2.01. The van der Waals surface area contributed by atoms with E-state index in [-0.39, 0.29) is 0 Å². The third kappa shape index (κ3) is 4.34. The Balaban J connectivity index is 1.27. The van der Waals surface area contributed by atoms with Gasteiger partial charge in [-0.1, -0.05) is 97.1 Å². The molecule has 0 saturated carbocycles. The second kappa shape index (κ2) is 9.98. The molecule has 3 heterocycles. The molecular weight excluding hydrogens is 514 g/mol. The highest BCUT2D eigenvalue weighted by Crippen LogP contribution is 2.30. The van der Waals surface area contributed by atoms with E-state index < -0.39 is 0 Å². The van der Waals surface area contributed by atoms with Gasteiger partial charge in [-0.05, 0) is 57.3 Å². The summed E-state index contributed by atoms with van der Waals surface area (Å²) >= 11 is 0. The quantitative estimate of drug-likeness (QED) is 0.224. The first-order valence-electron chi connectivity index (χ1n) is 13.8. The molecular formula is C37H23N5. The normalized spacial score (nSPS) is 11.3. The molecule has 0 aliphatic rings. The standard InChI is InChI=1S/C37H23N5/c1-3-10-27-21-29(15-13-24(27)7-1)35-40-36(30-16-14-25-8-2-4-11-28(25)22-30)42-37(41-35)33-18-17-31(23-39-33)34-32-12-6-5-9-26(32)19-20-38-34/h1-23H. The van der Waals surface area contributed by atoms with Gasteiger partial charge in [-0.2, -0.15) is 0 Å². The zero-order chi connectivity index (χ0) is 27.9. The smallest absolute Gasteiger partial charge is 0.182 e. The van der Waals surface area contributed by atoms with Crippen LogP contribution in [0.25, 0.3) is 77.9 Å². The highest BCUT2D eigenvalue weighted by molar-refractivity contribution is 5.94. The second-order valence-corrected chi connectivity index (χ2v) is 10.2. The van der Waals surface area contributed by atoms with E-state index in [1.165, 1.54) is 10.8 Å². The number of hydrogen-bond acceptors (Lipinski definition) is 5. The van der Waals surface area contributed by atoms with Crippen LogP contribution in [0.1, 0.15) is 0 Å². The maximum Gasteiger partial charge on any atom is 0.182 e. The third-order valence-corrected chi connectivity index (χ3v) is 7.59. The van der Waals surface area contributed by atoms with Crippen LogP contribution in [0.2, 0.25) is 0 Å². The number of hydrogen-bond donors (Lipinski definition) is 0. The third-order valence-electron chi connectivity index (χ3n) is 7.59. The van der Waals surface area contributed by atoms with Crippen molar-refractivity contribution in [2.75, 3.05) is 0 Å². The molecule has 8 rings (SSSR count). The molecule has 0 spiro atoms. The summed E-state index contributed by atoms with van der Waals surface area (Å²) in [6.07, 6.45) is 3.68. The minimum Gasteiger partial charge on any atom is -0.256 e. The van der Waals surface area contributed by atoms with Crippen LogP contribution in [0.4, 0.5) is 0 Å². The molecule has 5 heteroatoms. The van der Waals surface area contributed by atoms with Gasteiger partial charge < -0.3 is 0 Å². The average Bonchev–Trinajstić information content (AvgIpc) is 3.07. The van der Waals surface area contributed by atoms with E-state index >= 15 is 0 Å². The number of fused-ring (bicyclic) bond motifs is 3. The second-order valence-electron chi connectivity index (χ2n) is 10.2. The van der Waals surface area contributed by atoms with Crippen LogP contribution in [0, 0.1) is 0 Å². The maximum absolute atomic E-state index is 4.95. The molecule has 0 fully saturated rings. The minimum atomic E-state index is 0.522. The van der Waals surface area contributed by atoms with Gasteiger partial charge in [-0.25, -0.2) is 15.0 Å². The molecule has 0 bridgehead atoms. The fourth-order valence-corrected chi connectivity index (χ4v) is 5.42. The van der Waals surface area contributed by atoms with Gasteiger partial charge in [-0.3, -0.25) is 9.97 Å². The van der Waals surface area contributed by atoms with Crippen LogP contribution in [0.5, 0.6) is 0 Å². The molecule has 0 N–H and O–H groups in total. The fraction of sp³-hybridized carbons (Fsp3) is 0. The van der Waals surface area contributed by atoms with Crippen LogP contribution in [0.15, 0.2) is 140 Å². The number of benzene rings is 5. The molecule has 42 heavy (non-hydrogen) atoms. The largest absolute Gasteiger partial charge is 0.256 e. The molecule has 8 aromatic rings. The summed E-state index contributed by atoms with van der Waals surface area (Å²) in [4.78, 5) is 24.3. The van der Waals surface area contributed by atoms with Crippen molar-refractivity contribution in [1.82, 2.24) is 24.9 Å². The van der Waals surface area contributed by atoms with E-state index in [4.69, 9.17) is 19.9 Å². The van der Waals surface area contributed by atoms with E-state index in [1.807, 2.05) is 67.0 Å². The first-order chi connectivity index (χ1) is 20.8. The van der Waals surface area contributed by atoms with Crippen molar-refractivity contribution >= 4 is 32.3 Å². The van der Waals surface area contributed by atoms with E-state index in [1.54, 1.807) is 0 Å². The van der Waals surface area contributed by atoms with Crippen molar-refractivity contribution < 1.29 is 0 Å². The SMILES string of the molecule is c1ccc2cc(-c3nc(-c4ccc5ccccc5c4)nc(-c4ccc(-c5nccc6ccccc56)cn4)n3)ccc2c1. The lowest BCUT2D eigenvalue weighted by Gasteiger charge is -2.10. The van der Waals surface area contributed by atoms with Gasteiger partial charge in [0.25, 0.3) is 0 Å². The van der Waals surface area contributed by atoms with Gasteiger partial charge in [0.05, 0.1) is 5.69 Å². The average molecular weight is 538 g/mol. The van der Waals surface area contributed by atoms with Crippen molar-refractivity contribution in [3.63, 3.8) is 0 Å². The summed E-state index contributed by atoms with van der Waals surface area (Å²) in [5.74, 6) is 1.74. The Hall–Kier alpha value is -5.81. The van der Waals surface area contributed by atoms with Crippen molar-refractivity contribution in [2.45, 2.75) is 0 Å². The molecule has 0 aliphatic heterocycles. The van der Waals surface area contributed by atoms with Gasteiger partial charge in [-0.15, -0.1) is 0 Å². The van der Waals surface area contributed by atoms with Gasteiger partial charge in [0.1, 0.15) is 5.69 Å². The molecule has 3 aromatic heterocycles. The first-order valence-corrected chi connectivity index (χ1v) is 13.8. The molecule has 5 nitrogen and oxygen atoms in total. The van der Waals surface area contributed by atoms with Crippen molar-refractivity contribution in [2.24, 2.45) is 0 Å². The molecule has 0 atom stereocenters. The summed E-state index contributed by atoms with van der Waals surface area (Å²) in [7, 11) is 0. The van der Waals surface area contributed by atoms with Crippen molar-refractivity contribution in [3.05, 3.63) is 140 Å². The molecule has 0 radical (unpaired) electrons. The predicted octanol–water partition coefficient (Wildman–Crippen LogP) is 8.79. The monoisotopic (exact) mass is 537 g/mol. The number of nitrogens with zero attached hydrogens (tertiary/aromatic N) is 5. The Morgan fingerprint density at radius 3 is 1.55 bits per heavy atom. The topological polar surface area (TPSA) is 64.5 Å². The van der Waals surface area contributed by atoms with Crippen molar-refractivity contribution in [3.8, 4) is 45.6 Å². The summed E-state index contributed by atoms with van der Waals surface area (Å²) in [6.45, 7) is 0. The molecule has 5 aromatic carbocycles. The highest BCUT2D eigenvalue weighted by Gasteiger charge is 2.15. The number of pyridine rings is 2. The number of rotatable bonds is 4. The van der Waals surface area contributed by atoms with Crippen LogP contribution in [0.3, 0.4) is 0 Å². The molecule has 0 aliphatic carbocycles. The highest BCUT2D eigenvalue weighted by atomic mass is 15.0. The molecule has 0 amide bonds. The summed E-state index contributed by atoms with van der Waals surface area (Å²) in [5.41, 5.74) is 4.36. The van der Waals surface area contributed by atoms with Gasteiger partial charge in [0.2, 0.25) is 0 Å². The summed E-state index contributed by atoms with van der Waals surface area (Å²) in [6, 6.07) is 43.5. The number of aromatic nitrogens is 5. The zero-order valence-electron chi connectivity index (χ0n) is 22.5. The lowest BCUT2D eigenvalue weighted by molar-refractivity contribution is 1.06. The molecule has 0 saturated heterocycles. The zero-order valence-corrected chi connectivity index (χ0v) is 22.5. The van der Waals surface area contributed by atoms with Crippen molar-refractivity contribution in [1.29, 1.82) is 0 Å². The van der Waals surface area contributed by atoms with E-state index in [2.05, 4.69) is 77.8 Å². The first kappa shape index (κ1) is 24.0. The summed E-state index contributed by atoms with van der Waals surface area (Å²) < 4.78 is 0. The fourth-order valence-electron chi connectivity index (χ4n) is 5.42. The van der Waals surface area contributed by atoms with E-state index in [9.17, 15) is 0 Å². The molecule has 196 valence electrons. The van der Waals surface area contributed by atoms with Gasteiger partial charge in [0, 0.05) is 34.5 Å². The Morgan fingerprint density at radius 1 is 0.381 bits per heavy atom. The van der Waals surface area contributed by atoms with Crippen LogP contribution >= 0.6 is 0 Å². The Kier molecular flexibility index (Phi) is 5.71. The summed E-state index contributed by atoms with van der Waals surface area (Å²) in [5, 5.41) is 6.84. The van der Waals surface area contributed by atoms with Crippen LogP contribution in [-0.2, 0) is 0 Å². The van der Waals surface area contributed by atoms with E-state index in [0.717, 1.165) is 43.9 Å². The molecule has 0 unspecified atom stereocenters. The predicted molar refractivity (Wildman–Crippen MR) is 170 cm³/mol. The maximum atomic E-state index is 4.95. The van der Waals surface area contributed by atoms with Crippen LogP contribution in [-0.4, -0.2) is 24.9 Å². The lowest BCUT2D eigenvalue weighted by atomic mass is 10.0. The van der Waals surface area contributed by atoms with E-state index in [0.29, 0.717) is 23.2 Å². The van der Waals surface area contributed by atoms with Gasteiger partial charge >= 0.3 is 0 Å². The van der Waals surface area contributed by atoms with Gasteiger partial charge in [0.15, 0.2) is 17.5 Å². The Bertz CT molecular complexity index is 2150. The minimum absolute atomic E-state index is 0.522. The Morgan fingerprint density at radius 2 is 0.929 bits per heavy atom. The Labute approximate surface area is 242 Å². The van der Waals surface area contributed by atoms with Crippen LogP contribution < -0.4 is 0 Å².